The van der Waals surface area contributed by atoms with Crippen LogP contribution in [0.2, 0.25) is 0 Å². The number of amides is 1. The van der Waals surface area contributed by atoms with E-state index in [2.05, 4.69) is 32.4 Å². The molecule has 1 saturated heterocycles. The molecule has 2 aromatic heterocycles. The van der Waals surface area contributed by atoms with Crippen LogP contribution in [-0.2, 0) is 9.59 Å². The van der Waals surface area contributed by atoms with Gasteiger partial charge in [-0.1, -0.05) is 11.8 Å². The highest BCUT2D eigenvalue weighted by Gasteiger charge is 2.26. The smallest absolute Gasteiger partial charge is 0.301 e. The molecule has 0 spiro atoms. The SMILES string of the molecule is COc1cc2c(Nc3ccc4[nH]c(C)cc4c3)ncnc2cc1OCCCN1CCSC(=O)C1=O. The number of thioether (sulfide) groups is 1. The number of H-pyrrole nitrogens is 1. The quantitative estimate of drug-likeness (QED) is 0.281. The number of benzene rings is 2. The molecule has 10 heteroatoms. The molecule has 5 rings (SSSR count). The summed E-state index contributed by atoms with van der Waals surface area (Å²) in [4.78, 5) is 37.3. The Morgan fingerprint density at radius 1 is 1.14 bits per heavy atom. The summed E-state index contributed by atoms with van der Waals surface area (Å²) < 4.78 is 11.5. The third-order valence-electron chi connectivity index (χ3n) is 5.83. The fourth-order valence-electron chi connectivity index (χ4n) is 4.12. The maximum absolute atomic E-state index is 11.9. The Bertz CT molecular complexity index is 1420. The van der Waals surface area contributed by atoms with Crippen LogP contribution in [0.1, 0.15) is 12.1 Å². The second-order valence-electron chi connectivity index (χ2n) is 8.25. The number of hydrogen-bond donors (Lipinski definition) is 2. The van der Waals surface area contributed by atoms with Gasteiger partial charge in [0, 0.05) is 52.6 Å². The Morgan fingerprint density at radius 2 is 2.03 bits per heavy atom. The topological polar surface area (TPSA) is 109 Å². The highest BCUT2D eigenvalue weighted by atomic mass is 32.2. The summed E-state index contributed by atoms with van der Waals surface area (Å²) in [5, 5.41) is 4.92. The van der Waals surface area contributed by atoms with Gasteiger partial charge in [-0.05, 0) is 43.7 Å². The van der Waals surface area contributed by atoms with Crippen molar-refractivity contribution < 1.29 is 19.1 Å². The monoisotopic (exact) mass is 491 g/mol. The van der Waals surface area contributed by atoms with Gasteiger partial charge in [-0.25, -0.2) is 9.97 Å². The predicted octanol–water partition coefficient (Wildman–Crippen LogP) is 4.04. The summed E-state index contributed by atoms with van der Waals surface area (Å²) in [6, 6.07) is 11.9. The highest BCUT2D eigenvalue weighted by Crippen LogP contribution is 2.35. The molecule has 0 unspecified atom stereocenters. The minimum absolute atomic E-state index is 0.374. The summed E-state index contributed by atoms with van der Waals surface area (Å²) in [6.07, 6.45) is 2.11. The third-order valence-corrected chi connectivity index (χ3v) is 6.65. The lowest BCUT2D eigenvalue weighted by atomic mass is 10.2. The first-order chi connectivity index (χ1) is 17.0. The second kappa shape index (κ2) is 9.83. The van der Waals surface area contributed by atoms with Crippen LogP contribution in [0.5, 0.6) is 11.5 Å². The second-order valence-corrected chi connectivity index (χ2v) is 9.32. The lowest BCUT2D eigenvalue weighted by Gasteiger charge is -2.25. The van der Waals surface area contributed by atoms with E-state index in [4.69, 9.17) is 9.47 Å². The van der Waals surface area contributed by atoms with Gasteiger partial charge in [0.1, 0.15) is 12.1 Å². The number of aromatic nitrogens is 3. The Morgan fingerprint density at radius 3 is 2.89 bits per heavy atom. The van der Waals surface area contributed by atoms with Crippen molar-refractivity contribution in [2.24, 2.45) is 0 Å². The van der Waals surface area contributed by atoms with Crippen molar-refractivity contribution in [1.29, 1.82) is 0 Å². The van der Waals surface area contributed by atoms with Gasteiger partial charge < -0.3 is 24.7 Å². The molecule has 3 heterocycles. The molecule has 1 fully saturated rings. The summed E-state index contributed by atoms with van der Waals surface area (Å²) in [5.74, 6) is 2.00. The zero-order valence-corrected chi connectivity index (χ0v) is 20.3. The molecular formula is C25H25N5O4S. The number of carbonyl (C=O) groups excluding carboxylic acids is 2. The zero-order valence-electron chi connectivity index (χ0n) is 19.5. The Balaban J connectivity index is 1.31. The van der Waals surface area contributed by atoms with E-state index in [-0.39, 0.29) is 5.12 Å². The van der Waals surface area contributed by atoms with Gasteiger partial charge in [-0.2, -0.15) is 0 Å². The number of nitrogens with zero attached hydrogens (tertiary/aromatic N) is 3. The minimum atomic E-state index is -0.424. The first-order valence-corrected chi connectivity index (χ1v) is 12.3. The molecule has 1 aliphatic heterocycles. The number of aryl methyl sites for hydroxylation is 1. The Hall–Kier alpha value is -3.79. The number of fused-ring (bicyclic) bond motifs is 2. The molecule has 9 nitrogen and oxygen atoms in total. The van der Waals surface area contributed by atoms with E-state index in [9.17, 15) is 9.59 Å². The van der Waals surface area contributed by atoms with Crippen LogP contribution in [0.3, 0.4) is 0 Å². The van der Waals surface area contributed by atoms with Crippen LogP contribution in [-0.4, -0.2) is 63.4 Å². The molecule has 0 radical (unpaired) electrons. The molecule has 0 saturated carbocycles. The summed E-state index contributed by atoms with van der Waals surface area (Å²) >= 11 is 1.08. The molecule has 1 aliphatic rings. The molecule has 35 heavy (non-hydrogen) atoms. The fraction of sp³-hybridized carbons (Fsp3) is 0.280. The molecule has 4 aromatic rings. The molecule has 0 aliphatic carbocycles. The van der Waals surface area contributed by atoms with Gasteiger partial charge in [0.2, 0.25) is 0 Å². The van der Waals surface area contributed by atoms with Crippen molar-refractivity contribution in [3.63, 3.8) is 0 Å². The number of aromatic amines is 1. The van der Waals surface area contributed by atoms with Gasteiger partial charge in [-0.3, -0.25) is 9.59 Å². The number of anilines is 2. The summed E-state index contributed by atoms with van der Waals surface area (Å²) in [6.45, 7) is 3.46. The van der Waals surface area contributed by atoms with E-state index >= 15 is 0 Å². The number of rotatable bonds is 8. The maximum Gasteiger partial charge on any atom is 0.301 e. The Kier molecular flexibility index (Phi) is 6.45. The fourth-order valence-corrected chi connectivity index (χ4v) is 4.87. The molecule has 0 bridgehead atoms. The molecular weight excluding hydrogens is 466 g/mol. The number of hydrogen-bond acceptors (Lipinski definition) is 8. The van der Waals surface area contributed by atoms with Crippen LogP contribution in [0.25, 0.3) is 21.8 Å². The normalized spacial score (nSPS) is 14.1. The average Bonchev–Trinajstić information content (AvgIpc) is 3.23. The van der Waals surface area contributed by atoms with E-state index in [0.717, 1.165) is 39.4 Å². The first-order valence-electron chi connectivity index (χ1n) is 11.3. The molecule has 1 amide bonds. The van der Waals surface area contributed by atoms with E-state index in [0.29, 0.717) is 54.7 Å². The Labute approximate surface area is 206 Å². The first kappa shape index (κ1) is 23.0. The lowest BCUT2D eigenvalue weighted by Crippen LogP contribution is -2.42. The van der Waals surface area contributed by atoms with Crippen LogP contribution < -0.4 is 14.8 Å². The molecule has 180 valence electrons. The van der Waals surface area contributed by atoms with Crippen LogP contribution in [0.15, 0.2) is 42.7 Å². The molecule has 2 aromatic carbocycles. The van der Waals surface area contributed by atoms with Crippen molar-refractivity contribution in [1.82, 2.24) is 19.9 Å². The summed E-state index contributed by atoms with van der Waals surface area (Å²) in [5.41, 5.74) is 3.82. The summed E-state index contributed by atoms with van der Waals surface area (Å²) in [7, 11) is 1.59. The van der Waals surface area contributed by atoms with Crippen molar-refractivity contribution in [3.8, 4) is 11.5 Å². The maximum atomic E-state index is 11.9. The van der Waals surface area contributed by atoms with Gasteiger partial charge in [0.15, 0.2) is 11.5 Å². The average molecular weight is 492 g/mol. The standard InChI is InChI=1S/C25H25N5O4S/c1-15-10-16-11-17(4-5-19(16)28-15)29-23-18-12-21(33-2)22(13-20(18)26-14-27-23)34-8-3-6-30-7-9-35-25(32)24(30)31/h4-5,10-14,28H,3,6-9H2,1-2H3,(H,26,27,29). The van der Waals surface area contributed by atoms with Crippen molar-refractivity contribution in [3.05, 3.63) is 48.4 Å². The van der Waals surface area contributed by atoms with Crippen molar-refractivity contribution in [2.45, 2.75) is 13.3 Å². The van der Waals surface area contributed by atoms with Gasteiger partial charge in [-0.15, -0.1) is 0 Å². The molecule has 0 atom stereocenters. The largest absolute Gasteiger partial charge is 0.493 e. The highest BCUT2D eigenvalue weighted by molar-refractivity contribution is 8.15. The lowest BCUT2D eigenvalue weighted by molar-refractivity contribution is -0.140. The van der Waals surface area contributed by atoms with Crippen molar-refractivity contribution in [2.75, 3.05) is 37.9 Å². The van der Waals surface area contributed by atoms with E-state index < -0.39 is 5.91 Å². The van der Waals surface area contributed by atoms with Gasteiger partial charge in [0.25, 0.3) is 5.12 Å². The number of ether oxygens (including phenoxy) is 2. The number of nitrogens with one attached hydrogen (secondary N) is 2. The molecule has 2 N–H and O–H groups in total. The van der Waals surface area contributed by atoms with Crippen LogP contribution in [0, 0.1) is 6.92 Å². The third kappa shape index (κ3) is 4.88. The van der Waals surface area contributed by atoms with Gasteiger partial charge >= 0.3 is 5.91 Å². The van der Waals surface area contributed by atoms with Gasteiger partial charge in [0.05, 0.1) is 19.2 Å². The predicted molar refractivity (Wildman–Crippen MR) is 137 cm³/mol. The van der Waals surface area contributed by atoms with Crippen molar-refractivity contribution >= 4 is 56.1 Å². The van der Waals surface area contributed by atoms with E-state index in [1.54, 1.807) is 12.0 Å². The number of carbonyl (C=O) groups is 2. The zero-order chi connectivity index (χ0) is 24.4. The minimum Gasteiger partial charge on any atom is -0.493 e. The van der Waals surface area contributed by atoms with E-state index in [1.807, 2.05) is 31.2 Å². The van der Waals surface area contributed by atoms with Crippen LogP contribution >= 0.6 is 11.8 Å². The van der Waals surface area contributed by atoms with E-state index in [1.165, 1.54) is 6.33 Å². The number of methoxy groups -OCH3 is 1. The van der Waals surface area contributed by atoms with Crippen LogP contribution in [0.4, 0.5) is 11.5 Å².